The fourth-order valence-electron chi connectivity index (χ4n) is 4.19. The van der Waals surface area contributed by atoms with Crippen LogP contribution in [0.3, 0.4) is 0 Å². The van der Waals surface area contributed by atoms with E-state index in [4.69, 9.17) is 4.74 Å². The molecule has 184 valence electrons. The highest BCUT2D eigenvalue weighted by molar-refractivity contribution is 6.02. The van der Waals surface area contributed by atoms with Crippen molar-refractivity contribution in [2.24, 2.45) is 0 Å². The fourth-order valence-corrected chi connectivity index (χ4v) is 4.19. The molecule has 0 aliphatic carbocycles. The van der Waals surface area contributed by atoms with Gasteiger partial charge in [-0.15, -0.1) is 0 Å². The van der Waals surface area contributed by atoms with Gasteiger partial charge in [0.05, 0.1) is 0 Å². The average Bonchev–Trinajstić information content (AvgIpc) is 3.31. The predicted molar refractivity (Wildman–Crippen MR) is 132 cm³/mol. The number of hydrogen-bond acceptors (Lipinski definition) is 5. The molecular weight excluding hydrogens is 460 g/mol. The van der Waals surface area contributed by atoms with Crippen molar-refractivity contribution in [1.82, 2.24) is 5.32 Å². The molecule has 0 spiro atoms. The van der Waals surface area contributed by atoms with Crippen molar-refractivity contribution >= 4 is 29.4 Å². The maximum Gasteiger partial charge on any atom is 0.328 e. The second-order valence-corrected chi connectivity index (χ2v) is 8.47. The van der Waals surface area contributed by atoms with E-state index in [1.54, 1.807) is 54.6 Å². The molecule has 0 radical (unpaired) electrons. The van der Waals surface area contributed by atoms with Crippen molar-refractivity contribution < 1.29 is 29.0 Å². The van der Waals surface area contributed by atoms with Gasteiger partial charge in [0.1, 0.15) is 18.7 Å². The molecule has 0 aromatic heterocycles. The minimum Gasteiger partial charge on any atom is -0.480 e. The van der Waals surface area contributed by atoms with Gasteiger partial charge in [-0.3, -0.25) is 14.5 Å². The molecule has 0 saturated carbocycles. The van der Waals surface area contributed by atoms with Crippen molar-refractivity contribution in [3.63, 3.8) is 0 Å². The second-order valence-electron chi connectivity index (χ2n) is 8.47. The summed E-state index contributed by atoms with van der Waals surface area (Å²) in [7, 11) is 0. The molecule has 0 saturated heterocycles. The standard InChI is InChI=1S/C28H26N2O6/c31-25(30-23-14-8-7-13-21(23)17-24(30)27(33)34)16-15-22(29-26(32)20-11-5-2-6-12-20)28(35)36-18-19-9-3-1-4-10-19/h1-14,22,24H,15-18H2,(H,29,32)(H,33,34). The second kappa shape index (κ2) is 11.3. The number of rotatable bonds is 9. The number of carboxylic acids is 1. The quantitative estimate of drug-likeness (QED) is 0.449. The Kier molecular flexibility index (Phi) is 7.75. The predicted octanol–water partition coefficient (Wildman–Crippen LogP) is 3.35. The van der Waals surface area contributed by atoms with Crippen molar-refractivity contribution in [3.05, 3.63) is 102 Å². The number of para-hydroxylation sites is 1. The number of ether oxygens (including phenoxy) is 1. The number of carbonyl (C=O) groups is 4. The third-order valence-electron chi connectivity index (χ3n) is 6.03. The normalized spacial score (nSPS) is 15.0. The molecule has 2 amide bonds. The van der Waals surface area contributed by atoms with E-state index >= 15 is 0 Å². The first-order valence-electron chi connectivity index (χ1n) is 11.6. The summed E-state index contributed by atoms with van der Waals surface area (Å²) in [5.41, 5.74) is 2.47. The number of nitrogens with one attached hydrogen (secondary N) is 1. The lowest BCUT2D eigenvalue weighted by Gasteiger charge is -2.24. The molecule has 3 aromatic rings. The number of hydrogen-bond donors (Lipinski definition) is 2. The lowest BCUT2D eigenvalue weighted by molar-refractivity contribution is -0.147. The number of fused-ring (bicyclic) bond motifs is 1. The molecule has 8 nitrogen and oxygen atoms in total. The van der Waals surface area contributed by atoms with Gasteiger partial charge >= 0.3 is 11.9 Å². The highest BCUT2D eigenvalue weighted by atomic mass is 16.5. The Morgan fingerprint density at radius 1 is 0.917 bits per heavy atom. The molecule has 1 aliphatic rings. The zero-order valence-electron chi connectivity index (χ0n) is 19.5. The largest absolute Gasteiger partial charge is 0.480 e. The summed E-state index contributed by atoms with van der Waals surface area (Å²) < 4.78 is 5.43. The van der Waals surface area contributed by atoms with Gasteiger partial charge in [-0.1, -0.05) is 66.7 Å². The monoisotopic (exact) mass is 486 g/mol. The van der Waals surface area contributed by atoms with E-state index in [9.17, 15) is 24.3 Å². The van der Waals surface area contributed by atoms with Crippen LogP contribution in [-0.4, -0.2) is 40.9 Å². The van der Waals surface area contributed by atoms with Crippen molar-refractivity contribution in [2.45, 2.75) is 38.0 Å². The summed E-state index contributed by atoms with van der Waals surface area (Å²) >= 11 is 0. The minimum atomic E-state index is -1.10. The van der Waals surface area contributed by atoms with Gasteiger partial charge in [-0.2, -0.15) is 0 Å². The summed E-state index contributed by atoms with van der Waals surface area (Å²) in [4.78, 5) is 52.0. The van der Waals surface area contributed by atoms with Gasteiger partial charge in [0.25, 0.3) is 5.91 Å². The van der Waals surface area contributed by atoms with E-state index in [0.29, 0.717) is 11.3 Å². The zero-order chi connectivity index (χ0) is 25.5. The Labute approximate surface area is 208 Å². The Hall–Kier alpha value is -4.46. The molecule has 4 rings (SSSR count). The highest BCUT2D eigenvalue weighted by Crippen LogP contribution is 2.33. The Morgan fingerprint density at radius 2 is 1.56 bits per heavy atom. The summed E-state index contributed by atoms with van der Waals surface area (Å²) in [5.74, 6) is -2.69. The lowest BCUT2D eigenvalue weighted by Crippen LogP contribution is -2.45. The summed E-state index contributed by atoms with van der Waals surface area (Å²) in [6.07, 6.45) is 0.0128. The van der Waals surface area contributed by atoms with Gasteiger partial charge in [0, 0.05) is 24.1 Å². The smallest absolute Gasteiger partial charge is 0.328 e. The topological polar surface area (TPSA) is 113 Å². The molecule has 0 fully saturated rings. The van der Waals surface area contributed by atoms with Gasteiger partial charge < -0.3 is 15.2 Å². The van der Waals surface area contributed by atoms with Crippen LogP contribution in [0.25, 0.3) is 0 Å². The van der Waals surface area contributed by atoms with E-state index in [1.807, 2.05) is 30.3 Å². The third-order valence-corrected chi connectivity index (χ3v) is 6.03. The summed E-state index contributed by atoms with van der Waals surface area (Å²) in [6.45, 7) is 0.0198. The molecule has 36 heavy (non-hydrogen) atoms. The lowest BCUT2D eigenvalue weighted by atomic mass is 10.1. The summed E-state index contributed by atoms with van der Waals surface area (Å²) in [5, 5.41) is 12.3. The number of benzene rings is 3. The third kappa shape index (κ3) is 5.78. The molecular formula is C28H26N2O6. The number of nitrogens with zero attached hydrogens (tertiary/aromatic N) is 1. The van der Waals surface area contributed by atoms with E-state index in [0.717, 1.165) is 11.1 Å². The van der Waals surface area contributed by atoms with Crippen LogP contribution >= 0.6 is 0 Å². The van der Waals surface area contributed by atoms with Crippen molar-refractivity contribution in [2.75, 3.05) is 4.90 Å². The number of amides is 2. The first-order chi connectivity index (χ1) is 17.4. The van der Waals surface area contributed by atoms with Crippen LogP contribution < -0.4 is 10.2 Å². The number of aliphatic carboxylic acids is 1. The molecule has 3 aromatic carbocycles. The van der Waals surface area contributed by atoms with Gasteiger partial charge in [-0.05, 0) is 35.7 Å². The molecule has 2 atom stereocenters. The van der Waals surface area contributed by atoms with Crippen LogP contribution in [0.4, 0.5) is 5.69 Å². The van der Waals surface area contributed by atoms with Crippen LogP contribution in [-0.2, 0) is 32.1 Å². The van der Waals surface area contributed by atoms with Crippen LogP contribution in [0.15, 0.2) is 84.9 Å². The van der Waals surface area contributed by atoms with Gasteiger partial charge in [0.15, 0.2) is 0 Å². The number of carbonyl (C=O) groups excluding carboxylic acids is 3. The molecule has 8 heteroatoms. The number of anilines is 1. The van der Waals surface area contributed by atoms with Gasteiger partial charge in [-0.25, -0.2) is 9.59 Å². The van der Waals surface area contributed by atoms with Crippen LogP contribution in [0.2, 0.25) is 0 Å². The molecule has 2 N–H and O–H groups in total. The van der Waals surface area contributed by atoms with E-state index in [-0.39, 0.29) is 25.9 Å². The van der Waals surface area contributed by atoms with E-state index in [1.165, 1.54) is 4.90 Å². The van der Waals surface area contributed by atoms with E-state index in [2.05, 4.69) is 5.32 Å². The SMILES string of the molecule is O=C(NC(CCC(=O)N1c2ccccc2CC1C(=O)O)C(=O)OCc1ccccc1)c1ccccc1. The molecule has 1 aliphatic heterocycles. The van der Waals surface area contributed by atoms with Gasteiger partial charge in [0.2, 0.25) is 5.91 Å². The Balaban J connectivity index is 1.47. The van der Waals surface area contributed by atoms with Crippen LogP contribution in [0.1, 0.15) is 34.3 Å². The Bertz CT molecular complexity index is 1250. The molecule has 2 unspecified atom stereocenters. The molecule has 0 bridgehead atoms. The first-order valence-corrected chi connectivity index (χ1v) is 11.6. The maximum atomic E-state index is 13.2. The first kappa shape index (κ1) is 24.7. The number of carboxylic acid groups (broad SMARTS) is 1. The summed E-state index contributed by atoms with van der Waals surface area (Å²) in [6, 6.07) is 22.5. The average molecular weight is 487 g/mol. The molecule has 1 heterocycles. The van der Waals surface area contributed by atoms with Crippen LogP contribution in [0.5, 0.6) is 0 Å². The van der Waals surface area contributed by atoms with Crippen LogP contribution in [0, 0.1) is 0 Å². The van der Waals surface area contributed by atoms with E-state index < -0.39 is 35.8 Å². The maximum absolute atomic E-state index is 13.2. The highest BCUT2D eigenvalue weighted by Gasteiger charge is 2.38. The fraction of sp³-hybridized carbons (Fsp3) is 0.214. The minimum absolute atomic E-state index is 0.0198. The van der Waals surface area contributed by atoms with Crippen molar-refractivity contribution in [3.8, 4) is 0 Å². The number of esters is 1. The van der Waals surface area contributed by atoms with Crippen molar-refractivity contribution in [1.29, 1.82) is 0 Å². The Morgan fingerprint density at radius 3 is 2.25 bits per heavy atom. The zero-order valence-corrected chi connectivity index (χ0v) is 19.5.